The van der Waals surface area contributed by atoms with E-state index in [1.165, 1.54) is 28.4 Å². The van der Waals surface area contributed by atoms with Crippen molar-refractivity contribution in [2.75, 3.05) is 34.3 Å². The standard InChI is InChI=1S/3C19H17ClN2O3/c3*1-3-22(12-8-5-4-6-9-12)19(25)16-17(23)15-13(20)10-7-11-14(15)21(2)18(16)24/h3*4-11,23H,3H2,1-2H3. The van der Waals surface area contributed by atoms with Gasteiger partial charge in [0.05, 0.1) is 47.8 Å². The minimum absolute atomic E-state index is 0.280. The highest BCUT2D eigenvalue weighted by molar-refractivity contribution is 6.37. The molecule has 384 valence electrons. The second kappa shape index (κ2) is 23.2. The molecule has 0 aliphatic carbocycles. The number of carbonyl (C=O) groups is 3. The number of para-hydroxylation sites is 3. The molecule has 0 atom stereocenters. The molecule has 15 nitrogen and oxygen atoms in total. The average molecular weight is 1070 g/mol. The Balaban J connectivity index is 0.000000164. The van der Waals surface area contributed by atoms with Crippen LogP contribution in [0.15, 0.2) is 160 Å². The first-order chi connectivity index (χ1) is 35.9. The third kappa shape index (κ3) is 10.4. The maximum atomic E-state index is 13.0. The van der Waals surface area contributed by atoms with Crippen molar-refractivity contribution in [2.45, 2.75) is 20.8 Å². The van der Waals surface area contributed by atoms with Crippen LogP contribution in [0.4, 0.5) is 17.1 Å². The number of anilines is 3. The lowest BCUT2D eigenvalue weighted by Crippen LogP contribution is -2.36. The van der Waals surface area contributed by atoms with Gasteiger partial charge in [0.1, 0.15) is 33.9 Å². The first-order valence-corrected chi connectivity index (χ1v) is 24.7. The molecule has 3 aromatic heterocycles. The summed E-state index contributed by atoms with van der Waals surface area (Å²) in [6.45, 7) is 6.48. The number of halogens is 3. The minimum atomic E-state index is -0.563. The second-order valence-corrected chi connectivity index (χ2v) is 18.0. The Bertz CT molecular complexity index is 3430. The Labute approximate surface area is 445 Å². The van der Waals surface area contributed by atoms with Crippen molar-refractivity contribution < 1.29 is 29.7 Å². The lowest BCUT2D eigenvalue weighted by atomic mass is 10.1. The molecular formula is C57H51Cl3N6O9. The fraction of sp³-hybridized carbons (Fsp3) is 0.158. The molecular weight excluding hydrogens is 1020 g/mol. The topological polar surface area (TPSA) is 188 Å². The monoisotopic (exact) mass is 1070 g/mol. The zero-order valence-electron chi connectivity index (χ0n) is 41.6. The van der Waals surface area contributed by atoms with E-state index in [9.17, 15) is 44.1 Å². The minimum Gasteiger partial charge on any atom is -0.506 e. The number of fused-ring (bicyclic) bond motifs is 3. The molecule has 75 heavy (non-hydrogen) atoms. The Morgan fingerprint density at radius 1 is 0.387 bits per heavy atom. The van der Waals surface area contributed by atoms with Crippen LogP contribution in [-0.2, 0) is 21.1 Å². The highest BCUT2D eigenvalue weighted by Gasteiger charge is 2.30. The summed E-state index contributed by atoms with van der Waals surface area (Å²) in [6.07, 6.45) is 0. The van der Waals surface area contributed by atoms with Gasteiger partial charge in [-0.2, -0.15) is 0 Å². The van der Waals surface area contributed by atoms with Gasteiger partial charge in [-0.3, -0.25) is 28.8 Å². The number of amides is 3. The normalized spacial score (nSPS) is 10.8. The van der Waals surface area contributed by atoms with Gasteiger partial charge in [0.15, 0.2) is 0 Å². The molecule has 9 rings (SSSR count). The van der Waals surface area contributed by atoms with Gasteiger partial charge < -0.3 is 43.7 Å². The predicted molar refractivity (Wildman–Crippen MR) is 299 cm³/mol. The van der Waals surface area contributed by atoms with E-state index in [-0.39, 0.29) is 49.0 Å². The van der Waals surface area contributed by atoms with Gasteiger partial charge in [-0.15, -0.1) is 0 Å². The molecule has 3 amide bonds. The lowest BCUT2D eigenvalue weighted by Gasteiger charge is -2.22. The number of carbonyl (C=O) groups excluding carboxylic acids is 3. The SMILES string of the molecule is CCN(C(=O)c1c(O)c2c(Cl)cccc2n(C)c1=O)c1ccccc1.CCN(C(=O)c1c(O)c2c(Cl)cccc2n(C)c1=O)c1ccccc1.CCN(C(=O)c1c(O)c2c(Cl)cccc2n(C)c1=O)c1ccccc1. The van der Waals surface area contributed by atoms with E-state index < -0.39 is 34.4 Å². The van der Waals surface area contributed by atoms with Crippen LogP contribution in [0.1, 0.15) is 51.8 Å². The van der Waals surface area contributed by atoms with Crippen molar-refractivity contribution in [1.82, 2.24) is 13.7 Å². The van der Waals surface area contributed by atoms with Crippen LogP contribution in [0, 0.1) is 0 Å². The molecule has 0 fully saturated rings. The van der Waals surface area contributed by atoms with Crippen LogP contribution in [0.5, 0.6) is 17.2 Å². The molecule has 0 aliphatic rings. The van der Waals surface area contributed by atoms with Gasteiger partial charge in [0.25, 0.3) is 34.4 Å². The first-order valence-electron chi connectivity index (χ1n) is 23.5. The van der Waals surface area contributed by atoms with Crippen LogP contribution < -0.4 is 31.4 Å². The molecule has 0 unspecified atom stereocenters. The van der Waals surface area contributed by atoms with Crippen molar-refractivity contribution in [3.8, 4) is 17.2 Å². The number of aromatic hydroxyl groups is 3. The Kier molecular flexibility index (Phi) is 16.9. The Morgan fingerprint density at radius 2 is 0.613 bits per heavy atom. The van der Waals surface area contributed by atoms with Crippen LogP contribution >= 0.6 is 34.8 Å². The lowest BCUT2D eigenvalue weighted by molar-refractivity contribution is 0.0975. The smallest absolute Gasteiger partial charge is 0.267 e. The quantitative estimate of drug-likeness (QED) is 0.126. The van der Waals surface area contributed by atoms with E-state index in [0.717, 1.165) is 0 Å². The first kappa shape index (κ1) is 54.4. The highest BCUT2D eigenvalue weighted by Crippen LogP contribution is 2.36. The molecule has 18 heteroatoms. The maximum absolute atomic E-state index is 13.0. The summed E-state index contributed by atoms with van der Waals surface area (Å²) in [5.41, 5.74) is 0.807. The molecule has 0 saturated heterocycles. The molecule has 0 radical (unpaired) electrons. The largest absolute Gasteiger partial charge is 0.506 e. The number of nitrogens with zero attached hydrogens (tertiary/aromatic N) is 6. The highest BCUT2D eigenvalue weighted by atomic mass is 35.5. The zero-order chi connectivity index (χ0) is 54.4. The van der Waals surface area contributed by atoms with Crippen molar-refractivity contribution >= 4 is 102 Å². The molecule has 0 saturated carbocycles. The van der Waals surface area contributed by atoms with Crippen LogP contribution in [-0.4, -0.2) is 66.4 Å². The predicted octanol–water partition coefficient (Wildman–Crippen LogP) is 10.7. The molecule has 0 spiro atoms. The summed E-state index contributed by atoms with van der Waals surface area (Å²) in [6, 6.07) is 41.9. The van der Waals surface area contributed by atoms with Crippen LogP contribution in [0.2, 0.25) is 15.1 Å². The van der Waals surface area contributed by atoms with E-state index in [0.29, 0.717) is 69.4 Å². The molecule has 6 aromatic carbocycles. The number of hydrogen-bond acceptors (Lipinski definition) is 9. The van der Waals surface area contributed by atoms with E-state index in [2.05, 4.69) is 0 Å². The van der Waals surface area contributed by atoms with E-state index in [4.69, 9.17) is 34.8 Å². The number of pyridine rings is 3. The van der Waals surface area contributed by atoms with Crippen LogP contribution in [0.3, 0.4) is 0 Å². The average Bonchev–Trinajstić information content (AvgIpc) is 3.41. The summed E-state index contributed by atoms with van der Waals surface area (Å²) in [7, 11) is 4.65. The summed E-state index contributed by atoms with van der Waals surface area (Å²) in [4.78, 5) is 81.6. The zero-order valence-corrected chi connectivity index (χ0v) is 43.9. The van der Waals surface area contributed by atoms with Gasteiger partial charge >= 0.3 is 0 Å². The number of hydrogen-bond donors (Lipinski definition) is 3. The summed E-state index contributed by atoms with van der Waals surface area (Å²) >= 11 is 18.6. The molecule has 3 N–H and O–H groups in total. The number of benzene rings is 6. The fourth-order valence-electron chi connectivity index (χ4n) is 8.73. The van der Waals surface area contributed by atoms with Crippen molar-refractivity contribution in [3.63, 3.8) is 0 Å². The third-order valence-corrected chi connectivity index (χ3v) is 13.5. The molecule has 0 bridgehead atoms. The van der Waals surface area contributed by atoms with E-state index in [1.54, 1.807) is 169 Å². The third-order valence-electron chi connectivity index (χ3n) is 12.6. The second-order valence-electron chi connectivity index (χ2n) is 16.8. The molecule has 9 aromatic rings. The van der Waals surface area contributed by atoms with Gasteiger partial charge in [0.2, 0.25) is 0 Å². The van der Waals surface area contributed by atoms with Gasteiger partial charge in [-0.25, -0.2) is 0 Å². The summed E-state index contributed by atoms with van der Waals surface area (Å²) < 4.78 is 3.98. The van der Waals surface area contributed by atoms with E-state index >= 15 is 0 Å². The number of aryl methyl sites for hydroxylation is 3. The number of aromatic nitrogens is 3. The molecule has 3 heterocycles. The van der Waals surface area contributed by atoms with Crippen molar-refractivity contribution in [1.29, 1.82) is 0 Å². The van der Waals surface area contributed by atoms with Crippen LogP contribution in [0.25, 0.3) is 32.7 Å². The fourth-order valence-corrected chi connectivity index (χ4v) is 9.50. The Morgan fingerprint density at radius 3 is 0.827 bits per heavy atom. The Hall–Kier alpha value is -8.37. The van der Waals surface area contributed by atoms with Gasteiger partial charge in [-0.05, 0) is 93.6 Å². The maximum Gasteiger partial charge on any atom is 0.267 e. The van der Waals surface area contributed by atoms with Crippen molar-refractivity contribution in [3.05, 3.63) is 208 Å². The van der Waals surface area contributed by atoms with Gasteiger partial charge in [-0.1, -0.05) is 108 Å². The van der Waals surface area contributed by atoms with Gasteiger partial charge in [0, 0.05) is 57.8 Å². The summed E-state index contributed by atoms with van der Waals surface area (Å²) in [5, 5.41) is 33.7. The summed E-state index contributed by atoms with van der Waals surface area (Å²) in [5.74, 6) is -2.84. The number of rotatable bonds is 9. The van der Waals surface area contributed by atoms with Crippen molar-refractivity contribution in [2.24, 2.45) is 21.1 Å². The molecule has 0 aliphatic heterocycles. The van der Waals surface area contributed by atoms with E-state index in [1.807, 2.05) is 18.2 Å².